The van der Waals surface area contributed by atoms with Gasteiger partial charge >= 0.3 is 0 Å². The first-order chi connectivity index (χ1) is 8.05. The van der Waals surface area contributed by atoms with Crippen molar-refractivity contribution >= 4 is 0 Å². The highest BCUT2D eigenvalue weighted by Gasteiger charge is 2.41. The molecule has 3 nitrogen and oxygen atoms in total. The Kier molecular flexibility index (Phi) is 4.63. The Morgan fingerprint density at radius 3 is 2.44 bits per heavy atom. The fraction of sp³-hybridized carbons (Fsp3) is 0.867. The maximum Gasteiger partial charge on any atom is 0.0849 e. The van der Waals surface area contributed by atoms with Crippen molar-refractivity contribution in [1.82, 2.24) is 0 Å². The standard InChI is InChI=1S/C15H28O3/c1-10(6-7-13(16)14(3,4)17)12-8-9-15(5,18)11(12)2/h11-13,16-18H,1,6-9H2,2-5H3. The molecule has 1 rings (SSSR count). The molecule has 0 spiro atoms. The maximum absolute atomic E-state index is 10.2. The lowest BCUT2D eigenvalue weighted by Crippen LogP contribution is -2.36. The molecule has 0 radical (unpaired) electrons. The summed E-state index contributed by atoms with van der Waals surface area (Å²) < 4.78 is 0. The number of aliphatic hydroxyl groups excluding tert-OH is 1. The molecule has 1 fully saturated rings. The third-order valence-corrected chi connectivity index (χ3v) is 4.62. The number of aliphatic hydroxyl groups is 3. The van der Waals surface area contributed by atoms with Crippen molar-refractivity contribution in [2.24, 2.45) is 11.8 Å². The summed E-state index contributed by atoms with van der Waals surface area (Å²) in [5.74, 6) is 0.540. The van der Waals surface area contributed by atoms with Gasteiger partial charge in [-0.3, -0.25) is 0 Å². The molecule has 0 bridgehead atoms. The van der Waals surface area contributed by atoms with Gasteiger partial charge in [-0.2, -0.15) is 0 Å². The van der Waals surface area contributed by atoms with Crippen LogP contribution >= 0.6 is 0 Å². The van der Waals surface area contributed by atoms with E-state index in [1.807, 2.05) is 6.92 Å². The highest BCUT2D eigenvalue weighted by Crippen LogP contribution is 2.44. The van der Waals surface area contributed by atoms with E-state index < -0.39 is 17.3 Å². The average molecular weight is 256 g/mol. The Hall–Kier alpha value is -0.380. The fourth-order valence-corrected chi connectivity index (χ4v) is 2.78. The molecule has 1 aliphatic rings. The summed E-state index contributed by atoms with van der Waals surface area (Å²) in [5, 5.41) is 29.6. The van der Waals surface area contributed by atoms with E-state index in [0.717, 1.165) is 18.4 Å². The summed E-state index contributed by atoms with van der Waals surface area (Å²) >= 11 is 0. The molecule has 4 unspecified atom stereocenters. The molecular weight excluding hydrogens is 228 g/mol. The van der Waals surface area contributed by atoms with Gasteiger partial charge in [0.15, 0.2) is 0 Å². The van der Waals surface area contributed by atoms with E-state index in [1.54, 1.807) is 13.8 Å². The topological polar surface area (TPSA) is 60.7 Å². The minimum Gasteiger partial charge on any atom is -0.390 e. The summed E-state index contributed by atoms with van der Waals surface area (Å²) in [6.45, 7) is 11.3. The second-order valence-electron chi connectivity index (χ2n) is 6.66. The molecule has 0 amide bonds. The van der Waals surface area contributed by atoms with Crippen molar-refractivity contribution in [1.29, 1.82) is 0 Å². The smallest absolute Gasteiger partial charge is 0.0849 e. The molecule has 0 aliphatic heterocycles. The van der Waals surface area contributed by atoms with E-state index in [0.29, 0.717) is 18.8 Å². The van der Waals surface area contributed by atoms with Gasteiger partial charge in [-0.15, -0.1) is 0 Å². The monoisotopic (exact) mass is 256 g/mol. The summed E-state index contributed by atoms with van der Waals surface area (Å²) in [6.07, 6.45) is 2.27. The summed E-state index contributed by atoms with van der Waals surface area (Å²) in [7, 11) is 0. The Labute approximate surface area is 111 Å². The van der Waals surface area contributed by atoms with Gasteiger partial charge in [0.2, 0.25) is 0 Å². The van der Waals surface area contributed by atoms with Gasteiger partial charge < -0.3 is 15.3 Å². The molecule has 1 aliphatic carbocycles. The van der Waals surface area contributed by atoms with Crippen LogP contribution in [0.25, 0.3) is 0 Å². The van der Waals surface area contributed by atoms with Gasteiger partial charge in [0.05, 0.1) is 17.3 Å². The van der Waals surface area contributed by atoms with Gasteiger partial charge in [-0.05, 0) is 58.3 Å². The second kappa shape index (κ2) is 5.32. The minimum absolute atomic E-state index is 0.212. The first kappa shape index (κ1) is 15.7. The van der Waals surface area contributed by atoms with Crippen LogP contribution in [0.2, 0.25) is 0 Å². The van der Waals surface area contributed by atoms with E-state index in [2.05, 4.69) is 13.5 Å². The molecule has 18 heavy (non-hydrogen) atoms. The fourth-order valence-electron chi connectivity index (χ4n) is 2.78. The first-order valence-electron chi connectivity index (χ1n) is 6.86. The quantitative estimate of drug-likeness (QED) is 0.661. The second-order valence-corrected chi connectivity index (χ2v) is 6.66. The largest absolute Gasteiger partial charge is 0.390 e. The van der Waals surface area contributed by atoms with E-state index in [1.165, 1.54) is 0 Å². The number of allylic oxidation sites excluding steroid dienone is 1. The lowest BCUT2D eigenvalue weighted by atomic mass is 9.82. The van der Waals surface area contributed by atoms with Crippen LogP contribution in [0.4, 0.5) is 0 Å². The van der Waals surface area contributed by atoms with E-state index >= 15 is 0 Å². The van der Waals surface area contributed by atoms with Crippen LogP contribution in [0.1, 0.15) is 53.4 Å². The van der Waals surface area contributed by atoms with E-state index in [-0.39, 0.29) is 5.92 Å². The van der Waals surface area contributed by atoms with Crippen molar-refractivity contribution in [3.63, 3.8) is 0 Å². The van der Waals surface area contributed by atoms with Crippen LogP contribution < -0.4 is 0 Å². The third-order valence-electron chi connectivity index (χ3n) is 4.62. The Morgan fingerprint density at radius 1 is 1.50 bits per heavy atom. The van der Waals surface area contributed by atoms with E-state index in [9.17, 15) is 15.3 Å². The van der Waals surface area contributed by atoms with Crippen LogP contribution in [0.3, 0.4) is 0 Å². The highest BCUT2D eigenvalue weighted by molar-refractivity contribution is 5.09. The Bertz CT molecular complexity index is 301. The number of rotatable bonds is 5. The maximum atomic E-state index is 10.2. The number of hydrogen-bond acceptors (Lipinski definition) is 3. The average Bonchev–Trinajstić information content (AvgIpc) is 2.49. The molecule has 0 heterocycles. The molecule has 0 aromatic rings. The Morgan fingerprint density at radius 2 is 2.06 bits per heavy atom. The molecule has 4 atom stereocenters. The van der Waals surface area contributed by atoms with Crippen LogP contribution in [0.5, 0.6) is 0 Å². The van der Waals surface area contributed by atoms with Gasteiger partial charge in [-0.25, -0.2) is 0 Å². The van der Waals surface area contributed by atoms with Crippen molar-refractivity contribution in [3.05, 3.63) is 12.2 Å². The number of hydrogen-bond donors (Lipinski definition) is 3. The van der Waals surface area contributed by atoms with Crippen molar-refractivity contribution < 1.29 is 15.3 Å². The predicted octanol–water partition coefficient (Wildman–Crippen LogP) is 2.25. The molecular formula is C15H28O3. The first-order valence-corrected chi connectivity index (χ1v) is 6.86. The molecule has 1 saturated carbocycles. The molecule has 3 heteroatoms. The highest BCUT2D eigenvalue weighted by atomic mass is 16.3. The SMILES string of the molecule is C=C(CCC(O)C(C)(C)O)C1CCC(C)(O)C1C. The molecule has 0 aromatic heterocycles. The zero-order chi connectivity index (χ0) is 14.1. The van der Waals surface area contributed by atoms with E-state index in [4.69, 9.17) is 0 Å². The molecule has 106 valence electrons. The zero-order valence-electron chi connectivity index (χ0n) is 12.1. The van der Waals surface area contributed by atoms with Crippen molar-refractivity contribution in [2.75, 3.05) is 0 Å². The molecule has 0 aromatic carbocycles. The van der Waals surface area contributed by atoms with Gasteiger partial charge in [0, 0.05) is 0 Å². The lowest BCUT2D eigenvalue weighted by molar-refractivity contribution is -0.0513. The Balaban J connectivity index is 2.48. The minimum atomic E-state index is -1.06. The van der Waals surface area contributed by atoms with Gasteiger partial charge in [-0.1, -0.05) is 19.1 Å². The molecule has 3 N–H and O–H groups in total. The van der Waals surface area contributed by atoms with Crippen molar-refractivity contribution in [3.8, 4) is 0 Å². The summed E-state index contributed by atoms with van der Waals surface area (Å²) in [5.41, 5.74) is -0.571. The third kappa shape index (κ3) is 3.56. The summed E-state index contributed by atoms with van der Waals surface area (Å²) in [6, 6.07) is 0. The van der Waals surface area contributed by atoms with Gasteiger partial charge in [0.1, 0.15) is 0 Å². The van der Waals surface area contributed by atoms with Crippen LogP contribution in [0, 0.1) is 11.8 Å². The summed E-state index contributed by atoms with van der Waals surface area (Å²) in [4.78, 5) is 0. The van der Waals surface area contributed by atoms with Gasteiger partial charge in [0.25, 0.3) is 0 Å². The zero-order valence-corrected chi connectivity index (χ0v) is 12.1. The van der Waals surface area contributed by atoms with Crippen LogP contribution in [0.15, 0.2) is 12.2 Å². The predicted molar refractivity (Wildman–Crippen MR) is 73.2 cm³/mol. The van der Waals surface area contributed by atoms with Crippen LogP contribution in [-0.2, 0) is 0 Å². The van der Waals surface area contributed by atoms with Crippen molar-refractivity contribution in [2.45, 2.75) is 70.7 Å². The van der Waals surface area contributed by atoms with Crippen LogP contribution in [-0.4, -0.2) is 32.6 Å². The lowest BCUT2D eigenvalue weighted by Gasteiger charge is -2.28. The normalized spacial score (nSPS) is 34.6. The molecule has 0 saturated heterocycles.